The van der Waals surface area contributed by atoms with Gasteiger partial charge in [-0.3, -0.25) is 0 Å². The van der Waals surface area contributed by atoms with Gasteiger partial charge in [0, 0.05) is 29.6 Å². The largest absolute Gasteiger partial charge is 0.497 e. The van der Waals surface area contributed by atoms with Crippen molar-refractivity contribution in [3.05, 3.63) is 42.2 Å². The van der Waals surface area contributed by atoms with E-state index in [9.17, 15) is 0 Å². The van der Waals surface area contributed by atoms with E-state index in [4.69, 9.17) is 14.7 Å². The summed E-state index contributed by atoms with van der Waals surface area (Å²) < 4.78 is 12.3. The van der Waals surface area contributed by atoms with E-state index in [1.54, 1.807) is 37.1 Å². The molecule has 0 radical (unpaired) electrons. The first-order chi connectivity index (χ1) is 10.8. The summed E-state index contributed by atoms with van der Waals surface area (Å²) in [6.07, 6.45) is 3.73. The SMILES string of the molecule is COc1cc(OC)cc(-c2nn3cccnc3c2CC#N)c1. The number of ether oxygens (including phenoxy) is 2. The van der Waals surface area contributed by atoms with Crippen molar-refractivity contribution < 1.29 is 9.47 Å². The van der Waals surface area contributed by atoms with Gasteiger partial charge in [0.1, 0.15) is 11.5 Å². The van der Waals surface area contributed by atoms with Crippen molar-refractivity contribution >= 4 is 5.65 Å². The van der Waals surface area contributed by atoms with Crippen molar-refractivity contribution in [2.45, 2.75) is 6.42 Å². The van der Waals surface area contributed by atoms with E-state index in [2.05, 4.69) is 16.2 Å². The fraction of sp³-hybridized carbons (Fsp3) is 0.188. The van der Waals surface area contributed by atoms with Crippen LogP contribution in [0.25, 0.3) is 16.9 Å². The van der Waals surface area contributed by atoms with Crippen molar-refractivity contribution in [3.63, 3.8) is 0 Å². The zero-order valence-electron chi connectivity index (χ0n) is 12.3. The first-order valence-electron chi connectivity index (χ1n) is 6.69. The van der Waals surface area contributed by atoms with Gasteiger partial charge >= 0.3 is 0 Å². The smallest absolute Gasteiger partial charge is 0.159 e. The third-order valence-electron chi connectivity index (χ3n) is 3.37. The molecule has 0 N–H and O–H groups in total. The lowest BCUT2D eigenvalue weighted by Gasteiger charge is -2.07. The van der Waals surface area contributed by atoms with Gasteiger partial charge in [-0.25, -0.2) is 9.50 Å². The molecule has 0 bridgehead atoms. The molecule has 0 aliphatic rings. The summed E-state index contributed by atoms with van der Waals surface area (Å²) in [5.74, 6) is 1.34. The average Bonchev–Trinajstić information content (AvgIpc) is 2.93. The normalized spacial score (nSPS) is 10.4. The van der Waals surface area contributed by atoms with E-state index in [0.29, 0.717) is 22.8 Å². The van der Waals surface area contributed by atoms with E-state index in [0.717, 1.165) is 11.1 Å². The Morgan fingerprint density at radius 1 is 1.18 bits per heavy atom. The Morgan fingerprint density at radius 2 is 1.91 bits per heavy atom. The van der Waals surface area contributed by atoms with E-state index in [1.807, 2.05) is 18.3 Å². The molecule has 0 saturated heterocycles. The minimum absolute atomic E-state index is 0.232. The van der Waals surface area contributed by atoms with Crippen LogP contribution in [0.4, 0.5) is 0 Å². The minimum Gasteiger partial charge on any atom is -0.497 e. The maximum absolute atomic E-state index is 9.11. The predicted molar refractivity (Wildman–Crippen MR) is 80.8 cm³/mol. The standard InChI is InChI=1S/C16H14N4O2/c1-21-12-8-11(9-13(10-12)22-2)15-14(4-5-17)16-18-6-3-7-20(16)19-15/h3,6-10H,4H2,1-2H3. The molecule has 22 heavy (non-hydrogen) atoms. The number of benzene rings is 1. The predicted octanol–water partition coefficient (Wildman–Crippen LogP) is 2.48. The molecule has 3 rings (SSSR count). The topological polar surface area (TPSA) is 72.4 Å². The number of rotatable bonds is 4. The Kier molecular flexibility index (Phi) is 3.62. The van der Waals surface area contributed by atoms with Crippen LogP contribution in [-0.4, -0.2) is 28.8 Å². The molecule has 3 aromatic rings. The van der Waals surface area contributed by atoms with E-state index >= 15 is 0 Å². The fourth-order valence-electron chi connectivity index (χ4n) is 2.35. The second-order valence-corrected chi connectivity index (χ2v) is 4.65. The van der Waals surface area contributed by atoms with Gasteiger partial charge in [-0.05, 0) is 18.2 Å². The van der Waals surface area contributed by atoms with Crippen LogP contribution in [-0.2, 0) is 6.42 Å². The molecule has 110 valence electrons. The van der Waals surface area contributed by atoms with Crippen LogP contribution in [0.5, 0.6) is 11.5 Å². The summed E-state index contributed by atoms with van der Waals surface area (Å²) >= 11 is 0. The van der Waals surface area contributed by atoms with Crippen LogP contribution in [0.3, 0.4) is 0 Å². The molecule has 0 spiro atoms. The van der Waals surface area contributed by atoms with Crippen molar-refractivity contribution in [2.75, 3.05) is 14.2 Å². The molecule has 2 heterocycles. The summed E-state index contributed by atoms with van der Waals surface area (Å²) in [4.78, 5) is 4.32. The minimum atomic E-state index is 0.232. The summed E-state index contributed by atoms with van der Waals surface area (Å²) in [5.41, 5.74) is 3.00. The molecular formula is C16H14N4O2. The second kappa shape index (κ2) is 5.74. The van der Waals surface area contributed by atoms with Crippen molar-refractivity contribution in [3.8, 4) is 28.8 Å². The summed E-state index contributed by atoms with van der Waals surface area (Å²) in [7, 11) is 3.19. The quantitative estimate of drug-likeness (QED) is 0.739. The number of hydrogen-bond donors (Lipinski definition) is 0. The lowest BCUT2D eigenvalue weighted by Crippen LogP contribution is -1.91. The Morgan fingerprint density at radius 3 is 2.55 bits per heavy atom. The van der Waals surface area contributed by atoms with Crippen LogP contribution in [0.1, 0.15) is 5.56 Å². The van der Waals surface area contributed by atoms with Crippen molar-refractivity contribution in [1.29, 1.82) is 5.26 Å². The van der Waals surface area contributed by atoms with E-state index < -0.39 is 0 Å². The van der Waals surface area contributed by atoms with Gasteiger partial charge in [0.25, 0.3) is 0 Å². The molecule has 6 heteroatoms. The molecule has 1 aromatic carbocycles. The van der Waals surface area contributed by atoms with Gasteiger partial charge in [-0.15, -0.1) is 0 Å². The average molecular weight is 294 g/mol. The Bertz CT molecular complexity index is 842. The lowest BCUT2D eigenvalue weighted by atomic mass is 10.1. The summed E-state index contributed by atoms with van der Waals surface area (Å²) in [6.45, 7) is 0. The third kappa shape index (κ3) is 2.33. The third-order valence-corrected chi connectivity index (χ3v) is 3.37. The first kappa shape index (κ1) is 13.9. The fourth-order valence-corrected chi connectivity index (χ4v) is 2.35. The van der Waals surface area contributed by atoms with E-state index in [-0.39, 0.29) is 6.42 Å². The Labute approximate surface area is 127 Å². The van der Waals surface area contributed by atoms with Gasteiger partial charge in [0.15, 0.2) is 5.65 Å². The maximum Gasteiger partial charge on any atom is 0.159 e. The van der Waals surface area contributed by atoms with Gasteiger partial charge in [-0.1, -0.05) is 0 Å². The van der Waals surface area contributed by atoms with Crippen LogP contribution < -0.4 is 9.47 Å². The summed E-state index contributed by atoms with van der Waals surface area (Å²) in [6, 6.07) is 9.50. The highest BCUT2D eigenvalue weighted by atomic mass is 16.5. The highest BCUT2D eigenvalue weighted by Gasteiger charge is 2.16. The molecular weight excluding hydrogens is 280 g/mol. The van der Waals surface area contributed by atoms with E-state index in [1.165, 1.54) is 0 Å². The zero-order chi connectivity index (χ0) is 15.5. The van der Waals surface area contributed by atoms with Gasteiger partial charge < -0.3 is 9.47 Å². The lowest BCUT2D eigenvalue weighted by molar-refractivity contribution is 0.394. The Hall–Kier alpha value is -3.07. The van der Waals surface area contributed by atoms with Crippen LogP contribution in [0, 0.1) is 11.3 Å². The molecule has 0 aliphatic heterocycles. The van der Waals surface area contributed by atoms with Crippen molar-refractivity contribution in [1.82, 2.24) is 14.6 Å². The molecule has 0 aliphatic carbocycles. The van der Waals surface area contributed by atoms with Crippen LogP contribution >= 0.6 is 0 Å². The molecule has 0 atom stereocenters. The highest BCUT2D eigenvalue weighted by molar-refractivity contribution is 5.73. The van der Waals surface area contributed by atoms with Crippen LogP contribution in [0.2, 0.25) is 0 Å². The second-order valence-electron chi connectivity index (χ2n) is 4.65. The molecule has 0 saturated carbocycles. The molecule has 0 fully saturated rings. The monoisotopic (exact) mass is 294 g/mol. The number of aromatic nitrogens is 3. The number of fused-ring (bicyclic) bond motifs is 1. The molecule has 2 aromatic heterocycles. The molecule has 6 nitrogen and oxygen atoms in total. The molecule has 0 amide bonds. The van der Waals surface area contributed by atoms with Gasteiger partial charge in [0.2, 0.25) is 0 Å². The Balaban J connectivity index is 2.25. The van der Waals surface area contributed by atoms with Crippen LogP contribution in [0.15, 0.2) is 36.7 Å². The summed E-state index contributed by atoms with van der Waals surface area (Å²) in [5, 5.41) is 13.7. The highest BCUT2D eigenvalue weighted by Crippen LogP contribution is 2.32. The number of nitrogens with zero attached hydrogens (tertiary/aromatic N) is 4. The zero-order valence-corrected chi connectivity index (χ0v) is 12.3. The first-order valence-corrected chi connectivity index (χ1v) is 6.69. The number of methoxy groups -OCH3 is 2. The maximum atomic E-state index is 9.11. The van der Waals surface area contributed by atoms with Crippen molar-refractivity contribution in [2.24, 2.45) is 0 Å². The number of hydrogen-bond acceptors (Lipinski definition) is 5. The van der Waals surface area contributed by atoms with Gasteiger partial charge in [0.05, 0.1) is 32.4 Å². The van der Waals surface area contributed by atoms with Gasteiger partial charge in [-0.2, -0.15) is 10.4 Å². The molecule has 0 unspecified atom stereocenters. The number of nitriles is 1.